The van der Waals surface area contributed by atoms with Crippen molar-refractivity contribution in [2.75, 3.05) is 11.5 Å². The molecule has 29 heavy (non-hydrogen) atoms. The van der Waals surface area contributed by atoms with Gasteiger partial charge in [-0.1, -0.05) is 46.9 Å². The molecule has 1 heterocycles. The topological polar surface area (TPSA) is 139 Å². The van der Waals surface area contributed by atoms with Gasteiger partial charge in [0.25, 0.3) is 9.70 Å². The van der Waals surface area contributed by atoms with Crippen LogP contribution in [0.3, 0.4) is 0 Å². The normalized spacial score (nSPS) is 21.5. The number of carbonyl (C=O) groups is 2. The van der Waals surface area contributed by atoms with Crippen molar-refractivity contribution in [1.29, 1.82) is 0 Å². The SMILES string of the molecule is CC(=O)NCc1ccc(S(=O)(=O)N[C@H]2CS(=O)(=O)C[C@H]2NC(=O)C(Cl)(Cl)Cl)cc1. The van der Waals surface area contributed by atoms with Crippen molar-refractivity contribution in [3.05, 3.63) is 29.8 Å². The standard InChI is InChI=1S/C15H18Cl3N3O6S2/c1-9(22)19-6-10-2-4-11(5-3-10)29(26,27)21-13-8-28(24,25)7-12(13)20-14(23)15(16,17)18/h2-5,12-13,21H,6-8H2,1H3,(H,19,22)(H,20,23)/t12-,13+/m1/s1. The molecule has 1 saturated heterocycles. The van der Waals surface area contributed by atoms with Crippen LogP contribution in [0.25, 0.3) is 0 Å². The van der Waals surface area contributed by atoms with E-state index in [0.29, 0.717) is 5.56 Å². The third-order valence-corrected chi connectivity index (χ3v) is 7.76. The number of hydrogen-bond acceptors (Lipinski definition) is 6. The lowest BCUT2D eigenvalue weighted by Crippen LogP contribution is -2.53. The van der Waals surface area contributed by atoms with Crippen molar-refractivity contribution in [2.45, 2.75) is 34.2 Å². The minimum Gasteiger partial charge on any atom is -0.352 e. The molecule has 162 valence electrons. The van der Waals surface area contributed by atoms with Crippen LogP contribution in [0.2, 0.25) is 0 Å². The third-order valence-electron chi connectivity index (χ3n) is 4.01. The molecule has 0 radical (unpaired) electrons. The minimum absolute atomic E-state index is 0.111. The molecule has 1 aliphatic rings. The number of carbonyl (C=O) groups excluding carboxylic acids is 2. The summed E-state index contributed by atoms with van der Waals surface area (Å²) in [5.74, 6) is -2.30. The Hall–Kier alpha value is -1.11. The van der Waals surface area contributed by atoms with Crippen LogP contribution in [0, 0.1) is 0 Å². The molecule has 1 aromatic rings. The van der Waals surface area contributed by atoms with Gasteiger partial charge in [-0.3, -0.25) is 9.59 Å². The van der Waals surface area contributed by atoms with Crippen molar-refractivity contribution < 1.29 is 26.4 Å². The lowest BCUT2D eigenvalue weighted by molar-refractivity contribution is -0.121. The van der Waals surface area contributed by atoms with Crippen LogP contribution in [0.15, 0.2) is 29.2 Å². The first kappa shape index (κ1) is 24.2. The lowest BCUT2D eigenvalue weighted by atomic mass is 10.2. The fourth-order valence-electron chi connectivity index (χ4n) is 2.64. The Morgan fingerprint density at radius 2 is 1.66 bits per heavy atom. The second-order valence-electron chi connectivity index (χ2n) is 6.44. The van der Waals surface area contributed by atoms with Gasteiger partial charge in [0, 0.05) is 13.5 Å². The Labute approximate surface area is 183 Å². The lowest BCUT2D eigenvalue weighted by Gasteiger charge is -2.22. The van der Waals surface area contributed by atoms with Crippen molar-refractivity contribution in [2.24, 2.45) is 0 Å². The first-order valence-corrected chi connectivity index (χ1v) is 12.6. The first-order chi connectivity index (χ1) is 13.2. The fraction of sp³-hybridized carbons (Fsp3) is 0.467. The van der Waals surface area contributed by atoms with Gasteiger partial charge in [0.05, 0.1) is 28.5 Å². The van der Waals surface area contributed by atoms with Crippen LogP contribution in [0.4, 0.5) is 0 Å². The number of alkyl halides is 3. The maximum Gasteiger partial charge on any atom is 0.272 e. The summed E-state index contributed by atoms with van der Waals surface area (Å²) in [7, 11) is -7.72. The van der Waals surface area contributed by atoms with Crippen molar-refractivity contribution in [3.63, 3.8) is 0 Å². The molecule has 0 aromatic heterocycles. The summed E-state index contributed by atoms with van der Waals surface area (Å²) in [5, 5.41) is 4.83. The average molecular weight is 507 g/mol. The molecule has 9 nitrogen and oxygen atoms in total. The molecule has 2 rings (SSSR count). The van der Waals surface area contributed by atoms with E-state index < -0.39 is 53.1 Å². The van der Waals surface area contributed by atoms with Crippen LogP contribution in [-0.4, -0.2) is 56.0 Å². The van der Waals surface area contributed by atoms with E-state index in [-0.39, 0.29) is 17.3 Å². The van der Waals surface area contributed by atoms with Crippen LogP contribution < -0.4 is 15.4 Å². The zero-order chi connectivity index (χ0) is 22.0. The zero-order valence-corrected chi connectivity index (χ0v) is 18.9. The van der Waals surface area contributed by atoms with Crippen LogP contribution in [-0.2, 0) is 36.0 Å². The van der Waals surface area contributed by atoms with E-state index in [0.717, 1.165) is 0 Å². The van der Waals surface area contributed by atoms with Crippen molar-refractivity contribution >= 4 is 66.5 Å². The summed E-state index contributed by atoms with van der Waals surface area (Å²) in [6, 6.07) is 3.42. The van der Waals surface area contributed by atoms with Crippen molar-refractivity contribution in [1.82, 2.24) is 15.4 Å². The number of rotatable bonds is 6. The summed E-state index contributed by atoms with van der Waals surface area (Å²) >= 11 is 16.4. The molecule has 0 unspecified atom stereocenters. The van der Waals surface area contributed by atoms with E-state index in [4.69, 9.17) is 34.8 Å². The number of sulfone groups is 1. The number of benzene rings is 1. The van der Waals surface area contributed by atoms with Gasteiger partial charge >= 0.3 is 0 Å². The highest BCUT2D eigenvalue weighted by Gasteiger charge is 2.43. The summed E-state index contributed by atoms with van der Waals surface area (Å²) < 4.78 is 49.2. The Morgan fingerprint density at radius 1 is 1.10 bits per heavy atom. The molecular formula is C15H18Cl3N3O6S2. The molecule has 1 aliphatic heterocycles. The van der Waals surface area contributed by atoms with Gasteiger partial charge in [0.15, 0.2) is 9.84 Å². The zero-order valence-electron chi connectivity index (χ0n) is 15.0. The predicted octanol–water partition coefficient (Wildman–Crippen LogP) is 0.253. The van der Waals surface area contributed by atoms with E-state index >= 15 is 0 Å². The second-order valence-corrected chi connectivity index (χ2v) is 12.6. The molecule has 2 amide bonds. The number of nitrogens with one attached hydrogen (secondary N) is 3. The number of amides is 2. The summed E-state index contributed by atoms with van der Waals surface area (Å²) in [6.07, 6.45) is 0. The first-order valence-electron chi connectivity index (χ1n) is 8.13. The minimum atomic E-state index is -4.10. The molecule has 1 aromatic carbocycles. The fourth-order valence-corrected chi connectivity index (χ4v) is 6.04. The monoisotopic (exact) mass is 505 g/mol. The van der Waals surface area contributed by atoms with Crippen LogP contribution in [0.5, 0.6) is 0 Å². The van der Waals surface area contributed by atoms with E-state index in [1.54, 1.807) is 0 Å². The highest BCUT2D eigenvalue weighted by atomic mass is 35.6. The Balaban J connectivity index is 2.16. The molecule has 0 saturated carbocycles. The molecule has 3 N–H and O–H groups in total. The van der Waals surface area contributed by atoms with Gasteiger partial charge in [0.2, 0.25) is 15.9 Å². The number of sulfonamides is 1. The molecule has 14 heteroatoms. The predicted molar refractivity (Wildman–Crippen MR) is 109 cm³/mol. The molecule has 1 fully saturated rings. The molecule has 0 aliphatic carbocycles. The second kappa shape index (κ2) is 8.94. The molecule has 2 atom stereocenters. The van der Waals surface area contributed by atoms with Gasteiger partial charge in [-0.15, -0.1) is 0 Å². The summed E-state index contributed by atoms with van der Waals surface area (Å²) in [4.78, 5) is 22.7. The maximum absolute atomic E-state index is 12.6. The molecular weight excluding hydrogens is 489 g/mol. The third kappa shape index (κ3) is 6.97. The average Bonchev–Trinajstić information content (AvgIpc) is 2.85. The van der Waals surface area contributed by atoms with Gasteiger partial charge in [-0.05, 0) is 17.7 Å². The quantitative estimate of drug-likeness (QED) is 0.473. The van der Waals surface area contributed by atoms with Gasteiger partial charge in [-0.2, -0.15) is 0 Å². The van der Waals surface area contributed by atoms with Crippen molar-refractivity contribution in [3.8, 4) is 0 Å². The Morgan fingerprint density at radius 3 is 2.17 bits per heavy atom. The summed E-state index contributed by atoms with van der Waals surface area (Å²) in [5.41, 5.74) is 0.676. The van der Waals surface area contributed by atoms with E-state index in [1.807, 2.05) is 0 Å². The Bertz CT molecular complexity index is 991. The number of hydrogen-bond donors (Lipinski definition) is 3. The summed E-state index contributed by atoms with van der Waals surface area (Å²) in [6.45, 7) is 1.59. The van der Waals surface area contributed by atoms with E-state index in [2.05, 4.69) is 15.4 Å². The van der Waals surface area contributed by atoms with Gasteiger partial charge in [-0.25, -0.2) is 21.6 Å². The van der Waals surface area contributed by atoms with Gasteiger partial charge < -0.3 is 10.6 Å². The van der Waals surface area contributed by atoms with Gasteiger partial charge in [0.1, 0.15) is 0 Å². The number of halogens is 3. The van der Waals surface area contributed by atoms with Crippen LogP contribution in [0.1, 0.15) is 12.5 Å². The Kier molecular flexibility index (Phi) is 7.45. The smallest absolute Gasteiger partial charge is 0.272 e. The highest BCUT2D eigenvalue weighted by molar-refractivity contribution is 7.92. The molecule has 0 spiro atoms. The molecule has 0 bridgehead atoms. The highest BCUT2D eigenvalue weighted by Crippen LogP contribution is 2.27. The largest absolute Gasteiger partial charge is 0.352 e. The van der Waals surface area contributed by atoms with E-state index in [9.17, 15) is 26.4 Å². The van der Waals surface area contributed by atoms with E-state index in [1.165, 1.54) is 31.2 Å². The maximum atomic E-state index is 12.6. The van der Waals surface area contributed by atoms with Crippen LogP contribution >= 0.6 is 34.8 Å².